The number of hydrogen-bond donors (Lipinski definition) is 0. The van der Waals surface area contributed by atoms with Gasteiger partial charge in [-0.05, 0) is 30.1 Å². The Morgan fingerprint density at radius 3 is 2.81 bits per heavy atom. The number of benzene rings is 1. The van der Waals surface area contributed by atoms with E-state index in [-0.39, 0.29) is 17.1 Å². The molecule has 0 aromatic heterocycles. The number of hydrogen-bond acceptors (Lipinski definition) is 5. The molecule has 1 aromatic carbocycles. The van der Waals surface area contributed by atoms with Gasteiger partial charge in [-0.2, -0.15) is 11.8 Å². The van der Waals surface area contributed by atoms with E-state index in [1.54, 1.807) is 23.9 Å². The zero-order valence-corrected chi connectivity index (χ0v) is 13.2. The average Bonchev–Trinajstić information content (AvgIpc) is 3.20. The van der Waals surface area contributed by atoms with E-state index in [0.717, 1.165) is 18.6 Å². The normalized spacial score (nSPS) is 15.5. The first kappa shape index (κ1) is 16.1. The SMILES string of the molecule is COC(=O)CC1(CSCc2c(Cl)cccc2[N+](=O)[O-])CC1. The van der Waals surface area contributed by atoms with Crippen LogP contribution in [0.5, 0.6) is 0 Å². The minimum atomic E-state index is -0.414. The molecule has 0 aliphatic heterocycles. The summed E-state index contributed by atoms with van der Waals surface area (Å²) in [6.45, 7) is 0. The predicted octanol–water partition coefficient (Wildman–Crippen LogP) is 3.82. The summed E-state index contributed by atoms with van der Waals surface area (Å²) in [5.74, 6) is 1.06. The highest BCUT2D eigenvalue weighted by Crippen LogP contribution is 2.51. The summed E-state index contributed by atoms with van der Waals surface area (Å²) in [5, 5.41) is 11.4. The van der Waals surface area contributed by atoms with Crippen molar-refractivity contribution in [1.82, 2.24) is 0 Å². The molecule has 5 nitrogen and oxygen atoms in total. The third-order valence-corrected chi connectivity index (χ3v) is 5.31. The summed E-state index contributed by atoms with van der Waals surface area (Å²) in [5.41, 5.74) is 0.601. The molecular formula is C14H16ClNO4S. The Morgan fingerprint density at radius 2 is 2.24 bits per heavy atom. The Morgan fingerprint density at radius 1 is 1.52 bits per heavy atom. The second-order valence-electron chi connectivity index (χ2n) is 5.24. The summed E-state index contributed by atoms with van der Waals surface area (Å²) < 4.78 is 4.70. The van der Waals surface area contributed by atoms with Gasteiger partial charge in [-0.3, -0.25) is 14.9 Å². The Bertz CT molecular complexity index is 560. The minimum Gasteiger partial charge on any atom is -0.469 e. The molecule has 21 heavy (non-hydrogen) atoms. The molecule has 0 radical (unpaired) electrons. The van der Waals surface area contributed by atoms with Crippen LogP contribution in [-0.4, -0.2) is 23.8 Å². The molecule has 0 bridgehead atoms. The number of carbonyl (C=O) groups excluding carboxylic acids is 1. The van der Waals surface area contributed by atoms with Gasteiger partial charge in [0.2, 0.25) is 0 Å². The van der Waals surface area contributed by atoms with Crippen LogP contribution in [0.25, 0.3) is 0 Å². The van der Waals surface area contributed by atoms with Gasteiger partial charge in [0, 0.05) is 11.8 Å². The number of nitro benzene ring substituents is 1. The molecule has 7 heteroatoms. The van der Waals surface area contributed by atoms with Gasteiger partial charge in [0.15, 0.2) is 0 Å². The molecular weight excluding hydrogens is 314 g/mol. The van der Waals surface area contributed by atoms with Crippen LogP contribution in [0.2, 0.25) is 5.02 Å². The number of ether oxygens (including phenoxy) is 1. The zero-order valence-electron chi connectivity index (χ0n) is 11.6. The first-order valence-electron chi connectivity index (χ1n) is 6.54. The minimum absolute atomic E-state index is 0.00773. The van der Waals surface area contributed by atoms with E-state index in [9.17, 15) is 14.9 Å². The van der Waals surface area contributed by atoms with E-state index in [1.165, 1.54) is 13.2 Å². The van der Waals surface area contributed by atoms with Crippen LogP contribution in [0, 0.1) is 15.5 Å². The molecule has 0 atom stereocenters. The van der Waals surface area contributed by atoms with Gasteiger partial charge in [-0.15, -0.1) is 0 Å². The van der Waals surface area contributed by atoms with Gasteiger partial charge < -0.3 is 4.74 Å². The number of nitro groups is 1. The van der Waals surface area contributed by atoms with Crippen LogP contribution < -0.4 is 0 Å². The van der Waals surface area contributed by atoms with Crippen molar-refractivity contribution in [3.8, 4) is 0 Å². The summed E-state index contributed by atoms with van der Waals surface area (Å²) >= 11 is 7.63. The van der Waals surface area contributed by atoms with E-state index >= 15 is 0 Å². The average molecular weight is 330 g/mol. The second-order valence-corrected chi connectivity index (χ2v) is 6.63. The first-order chi connectivity index (χ1) is 9.97. The monoisotopic (exact) mass is 329 g/mol. The van der Waals surface area contributed by atoms with Gasteiger partial charge in [-0.25, -0.2) is 0 Å². The van der Waals surface area contributed by atoms with Gasteiger partial charge >= 0.3 is 5.97 Å². The fourth-order valence-corrected chi connectivity index (χ4v) is 3.91. The second kappa shape index (κ2) is 6.66. The van der Waals surface area contributed by atoms with Crippen molar-refractivity contribution < 1.29 is 14.5 Å². The van der Waals surface area contributed by atoms with E-state index < -0.39 is 4.92 Å². The molecule has 0 N–H and O–H groups in total. The van der Waals surface area contributed by atoms with Crippen molar-refractivity contribution in [3.05, 3.63) is 38.9 Å². The van der Waals surface area contributed by atoms with Gasteiger partial charge in [0.25, 0.3) is 5.69 Å². The van der Waals surface area contributed by atoms with E-state index in [4.69, 9.17) is 16.3 Å². The van der Waals surface area contributed by atoms with Crippen molar-refractivity contribution in [1.29, 1.82) is 0 Å². The molecule has 2 rings (SSSR count). The topological polar surface area (TPSA) is 69.4 Å². The van der Waals surface area contributed by atoms with Crippen molar-refractivity contribution in [2.45, 2.75) is 25.0 Å². The lowest BCUT2D eigenvalue weighted by molar-refractivity contribution is -0.385. The summed E-state index contributed by atoms with van der Waals surface area (Å²) in [6, 6.07) is 4.70. The van der Waals surface area contributed by atoms with E-state index in [1.807, 2.05) is 0 Å². The lowest BCUT2D eigenvalue weighted by atomic mass is 10.1. The Kier molecular flexibility index (Phi) is 5.11. The number of methoxy groups -OCH3 is 1. The molecule has 1 aliphatic carbocycles. The summed E-state index contributed by atoms with van der Waals surface area (Å²) in [6.07, 6.45) is 2.42. The molecule has 1 fully saturated rings. The summed E-state index contributed by atoms with van der Waals surface area (Å²) in [4.78, 5) is 21.9. The Labute approximate surface area is 132 Å². The smallest absolute Gasteiger partial charge is 0.306 e. The number of carbonyl (C=O) groups is 1. The molecule has 0 heterocycles. The molecule has 0 saturated heterocycles. The van der Waals surface area contributed by atoms with Crippen molar-refractivity contribution >= 4 is 35.0 Å². The van der Waals surface area contributed by atoms with Gasteiger partial charge in [0.05, 0.1) is 29.0 Å². The van der Waals surface area contributed by atoms with E-state index in [0.29, 0.717) is 22.8 Å². The maximum absolute atomic E-state index is 11.4. The Hall–Kier alpha value is -1.27. The largest absolute Gasteiger partial charge is 0.469 e. The highest BCUT2D eigenvalue weighted by atomic mass is 35.5. The highest BCUT2D eigenvalue weighted by Gasteiger charge is 2.44. The maximum atomic E-state index is 11.4. The number of rotatable bonds is 7. The number of nitrogens with zero attached hydrogens (tertiary/aromatic N) is 1. The van der Waals surface area contributed by atoms with Crippen LogP contribution in [0.3, 0.4) is 0 Å². The number of thioether (sulfide) groups is 1. The van der Waals surface area contributed by atoms with Crippen molar-refractivity contribution in [2.75, 3.05) is 12.9 Å². The molecule has 0 unspecified atom stereocenters. The fourth-order valence-electron chi connectivity index (χ4n) is 2.16. The fraction of sp³-hybridized carbons (Fsp3) is 0.500. The molecule has 0 spiro atoms. The number of esters is 1. The lowest BCUT2D eigenvalue weighted by Crippen LogP contribution is -2.13. The molecule has 114 valence electrons. The molecule has 0 amide bonds. The Balaban J connectivity index is 1.95. The molecule has 1 aromatic rings. The van der Waals surface area contributed by atoms with Crippen LogP contribution in [0.1, 0.15) is 24.8 Å². The standard InChI is InChI=1S/C14H16ClNO4S/c1-20-13(17)7-14(5-6-14)9-21-8-10-11(15)3-2-4-12(10)16(18)19/h2-4H,5-9H2,1H3. The van der Waals surface area contributed by atoms with E-state index in [2.05, 4.69) is 0 Å². The quantitative estimate of drug-likeness (QED) is 0.432. The van der Waals surface area contributed by atoms with Crippen molar-refractivity contribution in [2.24, 2.45) is 5.41 Å². The van der Waals surface area contributed by atoms with Gasteiger partial charge in [0.1, 0.15) is 0 Å². The van der Waals surface area contributed by atoms with Crippen LogP contribution in [0.15, 0.2) is 18.2 Å². The molecule has 1 aliphatic rings. The van der Waals surface area contributed by atoms with Crippen molar-refractivity contribution in [3.63, 3.8) is 0 Å². The number of halogens is 1. The highest BCUT2D eigenvalue weighted by molar-refractivity contribution is 7.98. The van der Waals surface area contributed by atoms with Gasteiger partial charge in [-0.1, -0.05) is 17.7 Å². The molecule has 1 saturated carbocycles. The summed E-state index contributed by atoms with van der Waals surface area (Å²) in [7, 11) is 1.39. The predicted molar refractivity (Wildman–Crippen MR) is 82.6 cm³/mol. The van der Waals surface area contributed by atoms with Crippen LogP contribution >= 0.6 is 23.4 Å². The van der Waals surface area contributed by atoms with Crippen LogP contribution in [-0.2, 0) is 15.3 Å². The first-order valence-corrected chi connectivity index (χ1v) is 8.07. The lowest BCUT2D eigenvalue weighted by Gasteiger charge is -2.13. The third kappa shape index (κ3) is 4.11. The maximum Gasteiger partial charge on any atom is 0.306 e. The van der Waals surface area contributed by atoms with Crippen LogP contribution in [0.4, 0.5) is 5.69 Å². The zero-order chi connectivity index (χ0) is 15.5. The third-order valence-electron chi connectivity index (χ3n) is 3.65.